The molecule has 2 aromatic rings. The van der Waals surface area contributed by atoms with Crippen molar-refractivity contribution < 1.29 is 9.60 Å². The van der Waals surface area contributed by atoms with E-state index in [1.807, 2.05) is 12.3 Å². The van der Waals surface area contributed by atoms with Gasteiger partial charge in [0.25, 0.3) is 0 Å². The zero-order chi connectivity index (χ0) is 14.5. The van der Waals surface area contributed by atoms with E-state index < -0.39 is 5.82 Å². The molecule has 0 bridgehead atoms. The van der Waals surface area contributed by atoms with Gasteiger partial charge in [0.1, 0.15) is 5.82 Å². The summed E-state index contributed by atoms with van der Waals surface area (Å²) in [5.41, 5.74) is 7.79. The van der Waals surface area contributed by atoms with Crippen molar-refractivity contribution in [1.82, 2.24) is 5.32 Å². The number of hydrogen-bond acceptors (Lipinski definition) is 4. The van der Waals surface area contributed by atoms with Crippen LogP contribution < -0.4 is 11.1 Å². The molecule has 0 spiro atoms. The van der Waals surface area contributed by atoms with Crippen LogP contribution in [0.2, 0.25) is 0 Å². The summed E-state index contributed by atoms with van der Waals surface area (Å²) in [5.74, 6) is -0.509. The van der Waals surface area contributed by atoms with E-state index in [9.17, 15) is 4.39 Å². The monoisotopic (exact) mass is 293 g/mol. The highest BCUT2D eigenvalue weighted by Gasteiger charge is 2.08. The van der Waals surface area contributed by atoms with Crippen LogP contribution in [0.15, 0.2) is 40.2 Å². The lowest BCUT2D eigenvalue weighted by Gasteiger charge is -2.13. The van der Waals surface area contributed by atoms with Gasteiger partial charge < -0.3 is 16.3 Å². The van der Waals surface area contributed by atoms with Crippen molar-refractivity contribution in [2.24, 2.45) is 10.9 Å². The number of nitrogens with zero attached hydrogens (tertiary/aromatic N) is 1. The van der Waals surface area contributed by atoms with Gasteiger partial charge >= 0.3 is 0 Å². The summed E-state index contributed by atoms with van der Waals surface area (Å²) in [6.45, 7) is 2.55. The van der Waals surface area contributed by atoms with Crippen LogP contribution in [0.25, 0.3) is 0 Å². The quantitative estimate of drug-likeness (QED) is 0.343. The molecule has 2 rings (SSSR count). The second-order valence-corrected chi connectivity index (χ2v) is 5.27. The lowest BCUT2D eigenvalue weighted by atomic mass is 10.1. The third-order valence-electron chi connectivity index (χ3n) is 3.02. The summed E-state index contributed by atoms with van der Waals surface area (Å²) in [6.07, 6.45) is 0. The van der Waals surface area contributed by atoms with Gasteiger partial charge in [-0.25, -0.2) is 4.39 Å². The average Bonchev–Trinajstić information content (AvgIpc) is 2.97. The number of oxime groups is 1. The van der Waals surface area contributed by atoms with E-state index in [1.165, 1.54) is 17.7 Å². The Hall–Kier alpha value is -1.92. The van der Waals surface area contributed by atoms with Gasteiger partial charge in [0.2, 0.25) is 0 Å². The van der Waals surface area contributed by atoms with E-state index in [1.54, 1.807) is 17.4 Å². The first-order valence-corrected chi connectivity index (χ1v) is 7.07. The molecule has 1 aromatic heterocycles. The molecule has 1 aromatic carbocycles. The van der Waals surface area contributed by atoms with Gasteiger partial charge in [0, 0.05) is 18.2 Å². The summed E-state index contributed by atoms with van der Waals surface area (Å²) >= 11 is 1.64. The largest absolute Gasteiger partial charge is 0.409 e. The standard InChI is InChI=1S/C14H16FN3OS/c1-9(11-2-3-20-8-11)17-7-10-4-12(14(16)18-19)6-13(15)5-10/h2-6,8-9,17,19H,7H2,1H3,(H2,16,18). The van der Waals surface area contributed by atoms with Crippen molar-refractivity contribution in [1.29, 1.82) is 0 Å². The molecule has 106 valence electrons. The first-order valence-electron chi connectivity index (χ1n) is 6.13. The summed E-state index contributed by atoms with van der Waals surface area (Å²) < 4.78 is 13.5. The number of hydrogen-bond donors (Lipinski definition) is 3. The number of amidine groups is 1. The Morgan fingerprint density at radius 3 is 2.95 bits per heavy atom. The normalized spacial score (nSPS) is 13.4. The molecule has 0 saturated heterocycles. The fourth-order valence-electron chi connectivity index (χ4n) is 1.87. The molecule has 1 heterocycles. The summed E-state index contributed by atoms with van der Waals surface area (Å²) in [7, 11) is 0. The number of benzene rings is 1. The smallest absolute Gasteiger partial charge is 0.170 e. The third-order valence-corrected chi connectivity index (χ3v) is 3.72. The molecule has 20 heavy (non-hydrogen) atoms. The number of nitrogens with two attached hydrogens (primary N) is 1. The van der Waals surface area contributed by atoms with Crippen molar-refractivity contribution >= 4 is 17.2 Å². The second kappa shape index (κ2) is 6.49. The van der Waals surface area contributed by atoms with Crippen molar-refractivity contribution in [3.8, 4) is 0 Å². The van der Waals surface area contributed by atoms with Gasteiger partial charge in [0.15, 0.2) is 5.84 Å². The van der Waals surface area contributed by atoms with Crippen LogP contribution in [0.5, 0.6) is 0 Å². The minimum absolute atomic E-state index is 0.100. The molecule has 4 nitrogen and oxygen atoms in total. The van der Waals surface area contributed by atoms with Gasteiger partial charge in [-0.1, -0.05) is 5.16 Å². The molecular weight excluding hydrogens is 277 g/mol. The first kappa shape index (κ1) is 14.5. The Morgan fingerprint density at radius 2 is 2.30 bits per heavy atom. The Morgan fingerprint density at radius 1 is 1.50 bits per heavy atom. The zero-order valence-corrected chi connectivity index (χ0v) is 11.8. The minimum Gasteiger partial charge on any atom is -0.409 e. The number of thiophene rings is 1. The van der Waals surface area contributed by atoms with Crippen molar-refractivity contribution in [2.75, 3.05) is 0 Å². The molecule has 0 aliphatic rings. The molecule has 0 amide bonds. The van der Waals surface area contributed by atoms with Crippen LogP contribution in [0.3, 0.4) is 0 Å². The molecule has 0 saturated carbocycles. The van der Waals surface area contributed by atoms with Crippen molar-refractivity contribution in [3.63, 3.8) is 0 Å². The molecule has 6 heteroatoms. The van der Waals surface area contributed by atoms with Crippen LogP contribution in [0.1, 0.15) is 29.7 Å². The summed E-state index contributed by atoms with van der Waals surface area (Å²) in [5, 5.41) is 18.9. The SMILES string of the molecule is CC(NCc1cc(F)cc(/C(N)=N/O)c1)c1ccsc1. The molecule has 0 fully saturated rings. The fraction of sp³-hybridized carbons (Fsp3) is 0.214. The number of nitrogens with one attached hydrogen (secondary N) is 1. The van der Waals surface area contributed by atoms with Crippen LogP contribution in [-0.2, 0) is 6.54 Å². The van der Waals surface area contributed by atoms with Gasteiger partial charge in [-0.15, -0.1) is 0 Å². The average molecular weight is 293 g/mol. The van der Waals surface area contributed by atoms with E-state index in [0.29, 0.717) is 12.1 Å². The van der Waals surface area contributed by atoms with Crippen molar-refractivity contribution in [2.45, 2.75) is 19.5 Å². The molecule has 4 N–H and O–H groups in total. The van der Waals surface area contributed by atoms with Crippen LogP contribution >= 0.6 is 11.3 Å². The highest BCUT2D eigenvalue weighted by Crippen LogP contribution is 2.17. The Bertz CT molecular complexity index is 598. The highest BCUT2D eigenvalue weighted by molar-refractivity contribution is 7.07. The topological polar surface area (TPSA) is 70.6 Å². The maximum absolute atomic E-state index is 13.5. The Kier molecular flexibility index (Phi) is 4.70. The minimum atomic E-state index is -0.408. The first-order chi connectivity index (χ1) is 9.60. The summed E-state index contributed by atoms with van der Waals surface area (Å²) in [4.78, 5) is 0. The zero-order valence-electron chi connectivity index (χ0n) is 11.0. The second-order valence-electron chi connectivity index (χ2n) is 4.49. The third kappa shape index (κ3) is 3.55. The van der Waals surface area contributed by atoms with E-state index in [0.717, 1.165) is 5.56 Å². The van der Waals surface area contributed by atoms with Crippen LogP contribution in [0, 0.1) is 5.82 Å². The number of halogens is 1. The molecule has 0 aliphatic heterocycles. The van der Waals surface area contributed by atoms with E-state index >= 15 is 0 Å². The van der Waals surface area contributed by atoms with Gasteiger partial charge in [-0.3, -0.25) is 0 Å². The van der Waals surface area contributed by atoms with E-state index in [-0.39, 0.29) is 11.9 Å². The van der Waals surface area contributed by atoms with Gasteiger partial charge in [0.05, 0.1) is 0 Å². The van der Waals surface area contributed by atoms with E-state index in [2.05, 4.69) is 21.9 Å². The molecule has 0 radical (unpaired) electrons. The summed E-state index contributed by atoms with van der Waals surface area (Å²) in [6, 6.07) is 6.60. The molecular formula is C14H16FN3OS. The maximum Gasteiger partial charge on any atom is 0.170 e. The number of rotatable bonds is 5. The Balaban J connectivity index is 2.08. The maximum atomic E-state index is 13.5. The van der Waals surface area contributed by atoms with Gasteiger partial charge in [-0.05, 0) is 53.1 Å². The predicted molar refractivity (Wildman–Crippen MR) is 78.5 cm³/mol. The van der Waals surface area contributed by atoms with E-state index in [4.69, 9.17) is 10.9 Å². The van der Waals surface area contributed by atoms with Crippen LogP contribution in [0.4, 0.5) is 4.39 Å². The molecule has 1 atom stereocenters. The van der Waals surface area contributed by atoms with Gasteiger partial charge in [-0.2, -0.15) is 11.3 Å². The van der Waals surface area contributed by atoms with Crippen molar-refractivity contribution in [3.05, 3.63) is 57.5 Å². The van der Waals surface area contributed by atoms with Crippen LogP contribution in [-0.4, -0.2) is 11.0 Å². The fourth-order valence-corrected chi connectivity index (χ4v) is 2.62. The predicted octanol–water partition coefficient (Wildman–Crippen LogP) is 2.83. The lowest BCUT2D eigenvalue weighted by Crippen LogP contribution is -2.19. The molecule has 1 unspecified atom stereocenters. The highest BCUT2D eigenvalue weighted by atomic mass is 32.1. The lowest BCUT2D eigenvalue weighted by molar-refractivity contribution is 0.318. The Labute approximate surface area is 120 Å². The molecule has 0 aliphatic carbocycles.